The molecule has 2 aromatic carbocycles. The molecule has 1 aromatic heterocycles. The zero-order valence-electron chi connectivity index (χ0n) is 15.8. The molecule has 6 heteroatoms. The van der Waals surface area contributed by atoms with Gasteiger partial charge in [-0.2, -0.15) is 0 Å². The van der Waals surface area contributed by atoms with Crippen LogP contribution in [0.1, 0.15) is 34.6 Å². The van der Waals surface area contributed by atoms with E-state index in [1.807, 2.05) is 37.3 Å². The van der Waals surface area contributed by atoms with Crippen LogP contribution in [0.15, 0.2) is 48.5 Å². The molecule has 0 unspecified atom stereocenters. The van der Waals surface area contributed by atoms with E-state index in [0.29, 0.717) is 23.6 Å². The third-order valence-corrected chi connectivity index (χ3v) is 4.71. The number of aromatic nitrogens is 2. The number of benzene rings is 2. The van der Waals surface area contributed by atoms with Gasteiger partial charge in [-0.1, -0.05) is 18.2 Å². The van der Waals surface area contributed by atoms with Gasteiger partial charge in [0.2, 0.25) is 0 Å². The van der Waals surface area contributed by atoms with E-state index in [-0.39, 0.29) is 12.7 Å². The van der Waals surface area contributed by atoms with Gasteiger partial charge in [0.1, 0.15) is 19.0 Å². The van der Waals surface area contributed by atoms with Crippen molar-refractivity contribution in [1.82, 2.24) is 9.97 Å². The maximum Gasteiger partial charge on any atom is 0.338 e. The van der Waals surface area contributed by atoms with Gasteiger partial charge in [-0.15, -0.1) is 0 Å². The number of carbonyl (C=O) groups is 1. The van der Waals surface area contributed by atoms with Crippen LogP contribution in [-0.4, -0.2) is 35.3 Å². The lowest BCUT2D eigenvalue weighted by atomic mass is 10.2. The van der Waals surface area contributed by atoms with Crippen LogP contribution in [0.3, 0.4) is 0 Å². The number of hydrogen-bond acceptors (Lipinski definition) is 6. The van der Waals surface area contributed by atoms with Crippen LogP contribution in [0, 0.1) is 6.92 Å². The minimum absolute atomic E-state index is 0.0729. The Bertz CT molecular complexity index is 983. The summed E-state index contributed by atoms with van der Waals surface area (Å²) in [5.41, 5.74) is 3.45. The predicted octanol–water partition coefficient (Wildman–Crippen LogP) is 3.85. The van der Waals surface area contributed by atoms with Crippen molar-refractivity contribution in [2.75, 3.05) is 13.2 Å². The maximum absolute atomic E-state index is 12.5. The summed E-state index contributed by atoms with van der Waals surface area (Å²) in [5, 5.41) is 0. The summed E-state index contributed by atoms with van der Waals surface area (Å²) in [6, 6.07) is 14.6. The molecule has 1 aliphatic heterocycles. The summed E-state index contributed by atoms with van der Waals surface area (Å²) in [6.07, 6.45) is 2.20. The summed E-state index contributed by atoms with van der Waals surface area (Å²) < 4.78 is 16.8. The minimum atomic E-state index is -0.420. The second-order valence-electron chi connectivity index (χ2n) is 6.79. The molecular formula is C22H22N2O4. The van der Waals surface area contributed by atoms with Gasteiger partial charge in [0.15, 0.2) is 0 Å². The highest BCUT2D eigenvalue weighted by Gasteiger charge is 2.17. The van der Waals surface area contributed by atoms with Gasteiger partial charge < -0.3 is 14.2 Å². The van der Waals surface area contributed by atoms with E-state index >= 15 is 0 Å². The van der Waals surface area contributed by atoms with Crippen molar-refractivity contribution in [3.05, 3.63) is 65.5 Å². The van der Waals surface area contributed by atoms with Crippen molar-refractivity contribution >= 4 is 17.0 Å². The lowest BCUT2D eigenvalue weighted by molar-refractivity contribution is 0.0465. The van der Waals surface area contributed by atoms with E-state index in [9.17, 15) is 4.79 Å². The number of carbonyl (C=O) groups excluding carboxylic acids is 1. The lowest BCUT2D eigenvalue weighted by Crippen LogP contribution is -2.16. The zero-order chi connectivity index (χ0) is 19.3. The molecule has 28 heavy (non-hydrogen) atoms. The molecular weight excluding hydrogens is 356 g/mol. The number of esters is 1. The highest BCUT2D eigenvalue weighted by Crippen LogP contribution is 2.19. The van der Waals surface area contributed by atoms with Gasteiger partial charge in [-0.3, -0.25) is 0 Å². The van der Waals surface area contributed by atoms with Crippen molar-refractivity contribution in [2.24, 2.45) is 0 Å². The Morgan fingerprint density at radius 2 is 1.96 bits per heavy atom. The molecule has 0 bridgehead atoms. The Balaban J connectivity index is 1.39. The Hall–Kier alpha value is -2.99. The fourth-order valence-electron chi connectivity index (χ4n) is 3.16. The molecule has 1 saturated heterocycles. The molecule has 0 amide bonds. The van der Waals surface area contributed by atoms with Crippen LogP contribution in [0.25, 0.3) is 11.0 Å². The molecule has 1 fully saturated rings. The Morgan fingerprint density at radius 3 is 2.75 bits per heavy atom. The van der Waals surface area contributed by atoms with Gasteiger partial charge in [-0.05, 0) is 50.1 Å². The quantitative estimate of drug-likeness (QED) is 0.607. The molecule has 0 saturated carbocycles. The monoisotopic (exact) mass is 378 g/mol. The van der Waals surface area contributed by atoms with Crippen LogP contribution in [0.5, 0.6) is 5.75 Å². The van der Waals surface area contributed by atoms with Crippen LogP contribution >= 0.6 is 0 Å². The molecule has 0 radical (unpaired) electrons. The summed E-state index contributed by atoms with van der Waals surface area (Å²) in [4.78, 5) is 21.5. The Kier molecular flexibility index (Phi) is 5.48. The topological polar surface area (TPSA) is 70.5 Å². The SMILES string of the molecule is Cc1nc2ccccc2nc1COC(=O)c1cccc(OC[C@@H]2CCCO2)c1. The fraction of sp³-hybridized carbons (Fsp3) is 0.318. The molecule has 1 atom stereocenters. The van der Waals surface area contributed by atoms with E-state index in [1.54, 1.807) is 18.2 Å². The number of rotatable bonds is 6. The first kappa shape index (κ1) is 18.4. The molecule has 1 aliphatic rings. The molecule has 4 rings (SSSR count). The van der Waals surface area contributed by atoms with Gasteiger partial charge >= 0.3 is 5.97 Å². The van der Waals surface area contributed by atoms with Crippen LogP contribution < -0.4 is 4.74 Å². The standard InChI is InChI=1S/C22H22N2O4/c1-15-21(24-20-10-3-2-9-19(20)23-15)14-28-22(25)16-6-4-7-17(12-16)27-13-18-8-5-11-26-18/h2-4,6-7,9-10,12,18H,5,8,11,13-14H2,1H3/t18-/m0/s1. The van der Waals surface area contributed by atoms with Gasteiger partial charge in [-0.25, -0.2) is 14.8 Å². The van der Waals surface area contributed by atoms with Crippen LogP contribution in [-0.2, 0) is 16.1 Å². The van der Waals surface area contributed by atoms with Gasteiger partial charge in [0.05, 0.1) is 34.1 Å². The highest BCUT2D eigenvalue weighted by molar-refractivity contribution is 5.89. The number of fused-ring (bicyclic) bond motifs is 1. The smallest absolute Gasteiger partial charge is 0.338 e. The Morgan fingerprint density at radius 1 is 1.14 bits per heavy atom. The first-order chi connectivity index (χ1) is 13.7. The van der Waals surface area contributed by atoms with Crippen molar-refractivity contribution in [1.29, 1.82) is 0 Å². The van der Waals surface area contributed by atoms with Crippen LogP contribution in [0.4, 0.5) is 0 Å². The van der Waals surface area contributed by atoms with E-state index < -0.39 is 5.97 Å². The van der Waals surface area contributed by atoms with Crippen molar-refractivity contribution < 1.29 is 19.0 Å². The van der Waals surface area contributed by atoms with Crippen LogP contribution in [0.2, 0.25) is 0 Å². The number of hydrogen-bond donors (Lipinski definition) is 0. The second kappa shape index (κ2) is 8.35. The summed E-state index contributed by atoms with van der Waals surface area (Å²) >= 11 is 0. The number of aryl methyl sites for hydroxylation is 1. The zero-order valence-corrected chi connectivity index (χ0v) is 15.8. The fourth-order valence-corrected chi connectivity index (χ4v) is 3.16. The third-order valence-electron chi connectivity index (χ3n) is 4.71. The number of nitrogens with zero attached hydrogens (tertiary/aromatic N) is 2. The molecule has 2 heterocycles. The first-order valence-electron chi connectivity index (χ1n) is 9.43. The molecule has 144 valence electrons. The van der Waals surface area contributed by atoms with E-state index in [2.05, 4.69) is 9.97 Å². The maximum atomic E-state index is 12.5. The summed E-state index contributed by atoms with van der Waals surface area (Å²) in [5.74, 6) is 0.212. The predicted molar refractivity (Wildman–Crippen MR) is 104 cm³/mol. The first-order valence-corrected chi connectivity index (χ1v) is 9.43. The van der Waals surface area contributed by atoms with Gasteiger partial charge in [0, 0.05) is 6.61 Å². The van der Waals surface area contributed by atoms with E-state index in [4.69, 9.17) is 14.2 Å². The van der Waals surface area contributed by atoms with Crippen molar-refractivity contribution in [2.45, 2.75) is 32.5 Å². The molecule has 3 aromatic rings. The van der Waals surface area contributed by atoms with Crippen molar-refractivity contribution in [3.8, 4) is 5.75 Å². The largest absolute Gasteiger partial charge is 0.491 e. The van der Waals surface area contributed by atoms with E-state index in [0.717, 1.165) is 36.2 Å². The van der Waals surface area contributed by atoms with Crippen molar-refractivity contribution in [3.63, 3.8) is 0 Å². The molecule has 6 nitrogen and oxygen atoms in total. The molecule has 0 spiro atoms. The summed E-state index contributed by atoms with van der Waals surface area (Å²) in [6.45, 7) is 3.22. The molecule has 0 N–H and O–H groups in total. The lowest BCUT2D eigenvalue weighted by Gasteiger charge is -2.12. The summed E-state index contributed by atoms with van der Waals surface area (Å²) in [7, 11) is 0. The number of para-hydroxylation sites is 2. The molecule has 0 aliphatic carbocycles. The highest BCUT2D eigenvalue weighted by atomic mass is 16.5. The normalized spacial score (nSPS) is 16.2. The second-order valence-corrected chi connectivity index (χ2v) is 6.79. The average Bonchev–Trinajstić information content (AvgIpc) is 3.24. The Labute approximate surface area is 163 Å². The number of ether oxygens (including phenoxy) is 3. The average molecular weight is 378 g/mol. The minimum Gasteiger partial charge on any atom is -0.491 e. The van der Waals surface area contributed by atoms with E-state index in [1.165, 1.54) is 0 Å². The van der Waals surface area contributed by atoms with Gasteiger partial charge in [0.25, 0.3) is 0 Å². The third kappa shape index (κ3) is 4.28.